The minimum absolute atomic E-state index is 0.779. The van der Waals surface area contributed by atoms with Crippen molar-refractivity contribution in [3.05, 3.63) is 36.1 Å². The summed E-state index contributed by atoms with van der Waals surface area (Å²) in [4.78, 5) is 0. The van der Waals surface area contributed by atoms with Crippen molar-refractivity contribution >= 4 is 0 Å². The maximum absolute atomic E-state index is 5.58. The molecule has 1 heterocycles. The highest BCUT2D eigenvalue weighted by atomic mass is 16.3. The van der Waals surface area contributed by atoms with Crippen molar-refractivity contribution in [3.63, 3.8) is 0 Å². The highest BCUT2D eigenvalue weighted by Gasteiger charge is 2.03. The molecule has 2 aliphatic rings. The molecule has 2 nitrogen and oxygen atoms in total. The van der Waals surface area contributed by atoms with E-state index < -0.39 is 0 Å². The summed E-state index contributed by atoms with van der Waals surface area (Å²) in [6, 6.07) is 10.1. The van der Waals surface area contributed by atoms with Gasteiger partial charge >= 0.3 is 0 Å². The minimum atomic E-state index is 0.779. The van der Waals surface area contributed by atoms with Crippen molar-refractivity contribution in [2.75, 3.05) is 7.05 Å². The summed E-state index contributed by atoms with van der Waals surface area (Å²) in [6.45, 7) is 0.779. The molecule has 2 heteroatoms. The largest absolute Gasteiger partial charge is 0.460 e. The molecule has 0 spiro atoms. The van der Waals surface area contributed by atoms with E-state index in [9.17, 15) is 0 Å². The van der Waals surface area contributed by atoms with Gasteiger partial charge in [-0.1, -0.05) is 12.1 Å². The molecule has 2 rings (SSSR count). The van der Waals surface area contributed by atoms with Crippen LogP contribution in [0.4, 0.5) is 0 Å². The molecule has 62 valence electrons. The molecular formula is C10H11NO. The lowest BCUT2D eigenvalue weighted by atomic mass is 10.2. The molecule has 0 bridgehead atoms. The number of fused-ring (bicyclic) bond motifs is 1. The van der Waals surface area contributed by atoms with Gasteiger partial charge in [0.2, 0.25) is 0 Å². The Balaban J connectivity index is 2.40. The van der Waals surface area contributed by atoms with Gasteiger partial charge in [0, 0.05) is 5.56 Å². The molecule has 0 unspecified atom stereocenters. The Hall–Kier alpha value is -1.28. The van der Waals surface area contributed by atoms with Gasteiger partial charge in [0.05, 0.1) is 6.54 Å². The van der Waals surface area contributed by atoms with Crippen molar-refractivity contribution in [2.45, 2.75) is 6.54 Å². The second kappa shape index (κ2) is 2.99. The van der Waals surface area contributed by atoms with Crippen LogP contribution in [-0.2, 0) is 6.54 Å². The number of nitrogens with one attached hydrogen (secondary N) is 1. The summed E-state index contributed by atoms with van der Waals surface area (Å²) in [5, 5.41) is 3.05. The molecule has 1 N–H and O–H groups in total. The number of hydrogen-bond acceptors (Lipinski definition) is 2. The Morgan fingerprint density at radius 3 is 3.00 bits per heavy atom. The van der Waals surface area contributed by atoms with E-state index >= 15 is 0 Å². The van der Waals surface area contributed by atoms with Gasteiger partial charge in [-0.15, -0.1) is 0 Å². The second-order valence-electron chi connectivity index (χ2n) is 2.78. The third-order valence-electron chi connectivity index (χ3n) is 1.85. The summed E-state index contributed by atoms with van der Waals surface area (Å²) in [7, 11) is 1.91. The highest BCUT2D eigenvalue weighted by Crippen LogP contribution is 2.23. The van der Waals surface area contributed by atoms with Crippen molar-refractivity contribution < 1.29 is 4.42 Å². The van der Waals surface area contributed by atoms with Gasteiger partial charge in [-0.3, -0.25) is 0 Å². The highest BCUT2D eigenvalue weighted by molar-refractivity contribution is 5.59. The van der Waals surface area contributed by atoms with Gasteiger partial charge < -0.3 is 9.73 Å². The van der Waals surface area contributed by atoms with Gasteiger partial charge in [-0.25, -0.2) is 0 Å². The molecule has 12 heavy (non-hydrogen) atoms. The molecule has 0 radical (unpaired) electrons. The molecule has 0 saturated heterocycles. The normalized spacial score (nSPS) is 10.8. The van der Waals surface area contributed by atoms with Gasteiger partial charge in [0.25, 0.3) is 0 Å². The molecule has 0 fully saturated rings. The predicted molar refractivity (Wildman–Crippen MR) is 48.1 cm³/mol. The van der Waals surface area contributed by atoms with E-state index in [4.69, 9.17) is 4.42 Å². The Kier molecular flexibility index (Phi) is 1.84. The van der Waals surface area contributed by atoms with E-state index in [2.05, 4.69) is 11.4 Å². The van der Waals surface area contributed by atoms with Gasteiger partial charge in [-0.05, 0) is 25.2 Å². The zero-order chi connectivity index (χ0) is 8.39. The first kappa shape index (κ1) is 7.37. The first-order chi connectivity index (χ1) is 5.90. The molecule has 0 amide bonds. The lowest BCUT2D eigenvalue weighted by molar-refractivity contribution is 0.492. The van der Waals surface area contributed by atoms with Crippen LogP contribution < -0.4 is 5.32 Å². The zero-order valence-electron chi connectivity index (χ0n) is 7.00. The summed E-state index contributed by atoms with van der Waals surface area (Å²) in [6.07, 6.45) is 0. The number of rotatable bonds is 2. The third kappa shape index (κ3) is 1.21. The van der Waals surface area contributed by atoms with Crippen LogP contribution in [0.1, 0.15) is 5.76 Å². The Morgan fingerprint density at radius 1 is 1.25 bits per heavy atom. The van der Waals surface area contributed by atoms with E-state index in [-0.39, 0.29) is 0 Å². The van der Waals surface area contributed by atoms with E-state index in [1.54, 1.807) is 0 Å². The molecule has 0 aromatic rings. The van der Waals surface area contributed by atoms with Crippen molar-refractivity contribution in [1.82, 2.24) is 5.32 Å². The number of hydrogen-bond donors (Lipinski definition) is 1. The SMILES string of the molecule is CNCc1ccc2cccc-2o1. The Labute approximate surface area is 71.5 Å². The van der Waals surface area contributed by atoms with Crippen molar-refractivity contribution in [3.8, 4) is 11.3 Å². The first-order valence-electron chi connectivity index (χ1n) is 4.02. The average molecular weight is 161 g/mol. The molecule has 0 aromatic heterocycles. The fraction of sp³-hybridized carbons (Fsp3) is 0.200. The van der Waals surface area contributed by atoms with Crippen LogP contribution in [0.5, 0.6) is 0 Å². The monoisotopic (exact) mass is 161 g/mol. The summed E-state index contributed by atoms with van der Waals surface area (Å²) in [5.41, 5.74) is 1.16. The van der Waals surface area contributed by atoms with Crippen LogP contribution in [0, 0.1) is 0 Å². The standard InChI is InChI=1S/C10H11NO/c1-11-7-9-6-5-8-3-2-4-10(8)12-9/h2-6,11H,7H2,1H3. The lowest BCUT2D eigenvalue weighted by Gasteiger charge is -2.02. The van der Waals surface area contributed by atoms with Crippen LogP contribution in [0.2, 0.25) is 0 Å². The predicted octanol–water partition coefficient (Wildman–Crippen LogP) is 2.10. The van der Waals surface area contributed by atoms with E-state index in [0.29, 0.717) is 0 Å². The molecule has 1 aliphatic heterocycles. The summed E-state index contributed by atoms with van der Waals surface area (Å²) in [5.74, 6) is 1.93. The molecular weight excluding hydrogens is 150 g/mol. The topological polar surface area (TPSA) is 25.2 Å². The smallest absolute Gasteiger partial charge is 0.134 e. The van der Waals surface area contributed by atoms with Crippen molar-refractivity contribution in [2.24, 2.45) is 0 Å². The van der Waals surface area contributed by atoms with E-state index in [1.165, 1.54) is 0 Å². The Morgan fingerprint density at radius 2 is 2.17 bits per heavy atom. The van der Waals surface area contributed by atoms with Gasteiger partial charge in [0.1, 0.15) is 11.5 Å². The van der Waals surface area contributed by atoms with Crippen LogP contribution in [0.15, 0.2) is 34.7 Å². The molecule has 0 saturated carbocycles. The van der Waals surface area contributed by atoms with Crippen LogP contribution >= 0.6 is 0 Å². The van der Waals surface area contributed by atoms with Gasteiger partial charge in [-0.2, -0.15) is 0 Å². The zero-order valence-corrected chi connectivity index (χ0v) is 7.00. The van der Waals surface area contributed by atoms with Gasteiger partial charge in [0.15, 0.2) is 0 Å². The fourth-order valence-corrected chi connectivity index (χ4v) is 1.28. The minimum Gasteiger partial charge on any atom is -0.460 e. The quantitative estimate of drug-likeness (QED) is 0.729. The van der Waals surface area contributed by atoms with Crippen molar-refractivity contribution in [1.29, 1.82) is 0 Å². The maximum Gasteiger partial charge on any atom is 0.134 e. The first-order valence-corrected chi connectivity index (χ1v) is 4.02. The summed E-state index contributed by atoms with van der Waals surface area (Å²) >= 11 is 0. The maximum atomic E-state index is 5.58. The van der Waals surface area contributed by atoms with E-state index in [0.717, 1.165) is 23.6 Å². The molecule has 0 aromatic carbocycles. The lowest BCUT2D eigenvalue weighted by Crippen LogP contribution is -2.04. The second-order valence-corrected chi connectivity index (χ2v) is 2.78. The Bertz CT molecular complexity index is 340. The molecule has 0 atom stereocenters. The van der Waals surface area contributed by atoms with Crippen LogP contribution in [-0.4, -0.2) is 7.05 Å². The van der Waals surface area contributed by atoms with Crippen LogP contribution in [0.25, 0.3) is 11.3 Å². The third-order valence-corrected chi connectivity index (χ3v) is 1.85. The fourth-order valence-electron chi connectivity index (χ4n) is 1.28. The summed E-state index contributed by atoms with van der Waals surface area (Å²) < 4.78 is 5.58. The van der Waals surface area contributed by atoms with Crippen LogP contribution in [0.3, 0.4) is 0 Å². The van der Waals surface area contributed by atoms with E-state index in [1.807, 2.05) is 31.3 Å². The average Bonchev–Trinajstić information content (AvgIpc) is 2.51. The molecule has 1 aliphatic carbocycles.